The van der Waals surface area contributed by atoms with Crippen molar-refractivity contribution in [2.75, 3.05) is 0 Å². The molecule has 3 nitrogen and oxygen atoms in total. The van der Waals surface area contributed by atoms with E-state index in [4.69, 9.17) is 0 Å². The quantitative estimate of drug-likeness (QED) is 0.872. The molecule has 0 aliphatic heterocycles. The van der Waals surface area contributed by atoms with Gasteiger partial charge in [-0.1, -0.05) is 29.8 Å². The molecule has 0 bridgehead atoms. The first-order valence-electron chi connectivity index (χ1n) is 5.82. The number of aromatic nitrogens is 2. The van der Waals surface area contributed by atoms with Crippen molar-refractivity contribution < 1.29 is 0 Å². The van der Waals surface area contributed by atoms with Crippen molar-refractivity contribution in [3.8, 4) is 0 Å². The van der Waals surface area contributed by atoms with E-state index in [0.717, 1.165) is 12.2 Å². The summed E-state index contributed by atoms with van der Waals surface area (Å²) in [5.41, 5.74) is 3.55. The Labute approximate surface area is 102 Å². The minimum absolute atomic E-state index is 0.317. The molecule has 1 heterocycles. The highest BCUT2D eigenvalue weighted by molar-refractivity contribution is 5.24. The average Bonchev–Trinajstić information content (AvgIpc) is 2.37. The summed E-state index contributed by atoms with van der Waals surface area (Å²) in [6, 6.07) is 12.7. The lowest BCUT2D eigenvalue weighted by molar-refractivity contribution is 0.564. The highest BCUT2D eigenvalue weighted by atomic mass is 15.1. The van der Waals surface area contributed by atoms with E-state index < -0.39 is 0 Å². The van der Waals surface area contributed by atoms with Crippen molar-refractivity contribution in [3.05, 3.63) is 59.4 Å². The molecule has 1 atom stereocenters. The maximum atomic E-state index is 4.05. The maximum absolute atomic E-state index is 4.05. The van der Waals surface area contributed by atoms with Crippen LogP contribution in [0.2, 0.25) is 0 Å². The predicted molar refractivity (Wildman–Crippen MR) is 68.5 cm³/mol. The molecule has 88 valence electrons. The topological polar surface area (TPSA) is 37.8 Å². The highest BCUT2D eigenvalue weighted by Crippen LogP contribution is 2.13. The van der Waals surface area contributed by atoms with Crippen molar-refractivity contribution in [2.45, 2.75) is 26.4 Å². The summed E-state index contributed by atoms with van der Waals surface area (Å²) in [6.07, 6.45) is 1.69. The molecule has 0 amide bonds. The average molecular weight is 227 g/mol. The third kappa shape index (κ3) is 3.36. The first-order chi connectivity index (χ1) is 8.25. The summed E-state index contributed by atoms with van der Waals surface area (Å²) >= 11 is 0. The zero-order chi connectivity index (χ0) is 12.1. The summed E-state index contributed by atoms with van der Waals surface area (Å²) in [5.74, 6) is 0. The van der Waals surface area contributed by atoms with Crippen LogP contribution in [0.15, 0.2) is 42.6 Å². The number of nitrogens with one attached hydrogen (secondary N) is 1. The molecule has 0 saturated heterocycles. The normalized spacial score (nSPS) is 12.4. The van der Waals surface area contributed by atoms with E-state index in [2.05, 4.69) is 53.6 Å². The number of hydrogen-bond acceptors (Lipinski definition) is 3. The van der Waals surface area contributed by atoms with Gasteiger partial charge in [-0.3, -0.25) is 0 Å². The molecule has 3 heteroatoms. The smallest absolute Gasteiger partial charge is 0.0769 e. The van der Waals surface area contributed by atoms with Crippen LogP contribution in [0.5, 0.6) is 0 Å². The number of nitrogens with zero attached hydrogens (tertiary/aromatic N) is 2. The lowest BCUT2D eigenvalue weighted by Crippen LogP contribution is -2.18. The first kappa shape index (κ1) is 11.7. The molecule has 0 fully saturated rings. The summed E-state index contributed by atoms with van der Waals surface area (Å²) in [4.78, 5) is 0. The van der Waals surface area contributed by atoms with Gasteiger partial charge in [0.1, 0.15) is 0 Å². The molecular formula is C14H17N3. The fourth-order valence-corrected chi connectivity index (χ4v) is 1.74. The van der Waals surface area contributed by atoms with Crippen molar-refractivity contribution >= 4 is 0 Å². The molecule has 2 aromatic rings. The van der Waals surface area contributed by atoms with Gasteiger partial charge in [-0.25, -0.2) is 0 Å². The van der Waals surface area contributed by atoms with Crippen LogP contribution < -0.4 is 5.32 Å². The number of hydrogen-bond donors (Lipinski definition) is 1. The van der Waals surface area contributed by atoms with Gasteiger partial charge < -0.3 is 5.32 Å². The van der Waals surface area contributed by atoms with Crippen molar-refractivity contribution in [1.29, 1.82) is 0 Å². The van der Waals surface area contributed by atoms with Gasteiger partial charge in [0.2, 0.25) is 0 Å². The van der Waals surface area contributed by atoms with E-state index >= 15 is 0 Å². The summed E-state index contributed by atoms with van der Waals surface area (Å²) in [6.45, 7) is 5.01. The Kier molecular flexibility index (Phi) is 3.83. The van der Waals surface area contributed by atoms with Gasteiger partial charge in [0.25, 0.3) is 0 Å². The molecule has 0 radical (unpaired) electrons. The van der Waals surface area contributed by atoms with Gasteiger partial charge in [-0.15, -0.1) is 0 Å². The zero-order valence-electron chi connectivity index (χ0n) is 10.2. The summed E-state index contributed by atoms with van der Waals surface area (Å²) in [7, 11) is 0. The number of aryl methyl sites for hydroxylation is 1. The molecule has 17 heavy (non-hydrogen) atoms. The van der Waals surface area contributed by atoms with Gasteiger partial charge in [-0.05, 0) is 31.5 Å². The highest BCUT2D eigenvalue weighted by Gasteiger charge is 2.04. The monoisotopic (exact) mass is 227 g/mol. The standard InChI is InChI=1S/C14H17N3/c1-11-5-3-6-13(9-11)12(2)15-10-14-7-4-8-16-17-14/h3-9,12,15H,10H2,1-2H3. The Balaban J connectivity index is 1.96. The second-order valence-electron chi connectivity index (χ2n) is 4.23. The van der Waals surface area contributed by atoms with Crippen LogP contribution in [0, 0.1) is 6.92 Å². The fourth-order valence-electron chi connectivity index (χ4n) is 1.74. The Morgan fingerprint density at radius 3 is 2.82 bits per heavy atom. The van der Waals surface area contributed by atoms with E-state index in [9.17, 15) is 0 Å². The second kappa shape index (κ2) is 5.55. The Morgan fingerprint density at radius 1 is 1.24 bits per heavy atom. The SMILES string of the molecule is Cc1cccc(C(C)NCc2cccnn2)c1. The van der Waals surface area contributed by atoms with Crippen LogP contribution in [0.4, 0.5) is 0 Å². The zero-order valence-corrected chi connectivity index (χ0v) is 10.2. The molecule has 1 aromatic heterocycles. The molecular weight excluding hydrogens is 210 g/mol. The molecule has 2 rings (SSSR count). The predicted octanol–water partition coefficient (Wildman–Crippen LogP) is 2.64. The Hall–Kier alpha value is -1.74. The largest absolute Gasteiger partial charge is 0.304 e. The van der Waals surface area contributed by atoms with Crippen molar-refractivity contribution in [1.82, 2.24) is 15.5 Å². The van der Waals surface area contributed by atoms with Crippen LogP contribution in [-0.2, 0) is 6.54 Å². The Bertz CT molecular complexity index is 468. The van der Waals surface area contributed by atoms with Gasteiger partial charge in [-0.2, -0.15) is 10.2 Å². The molecule has 0 aliphatic carbocycles. The molecule has 0 saturated carbocycles. The third-order valence-electron chi connectivity index (χ3n) is 2.76. The Morgan fingerprint density at radius 2 is 2.12 bits per heavy atom. The molecule has 0 aliphatic rings. The van der Waals surface area contributed by atoms with E-state index in [1.807, 2.05) is 12.1 Å². The lowest BCUT2D eigenvalue weighted by atomic mass is 10.1. The second-order valence-corrected chi connectivity index (χ2v) is 4.23. The molecule has 1 unspecified atom stereocenters. The fraction of sp³-hybridized carbons (Fsp3) is 0.286. The van der Waals surface area contributed by atoms with E-state index in [1.54, 1.807) is 6.20 Å². The van der Waals surface area contributed by atoms with Crippen LogP contribution in [-0.4, -0.2) is 10.2 Å². The van der Waals surface area contributed by atoms with Crippen molar-refractivity contribution in [2.24, 2.45) is 0 Å². The maximum Gasteiger partial charge on any atom is 0.0769 e. The first-order valence-corrected chi connectivity index (χ1v) is 5.82. The summed E-state index contributed by atoms with van der Waals surface area (Å²) in [5, 5.41) is 11.3. The van der Waals surface area contributed by atoms with Crippen LogP contribution >= 0.6 is 0 Å². The van der Waals surface area contributed by atoms with Gasteiger partial charge in [0, 0.05) is 18.8 Å². The minimum Gasteiger partial charge on any atom is -0.304 e. The third-order valence-corrected chi connectivity index (χ3v) is 2.76. The van der Waals surface area contributed by atoms with Crippen LogP contribution in [0.25, 0.3) is 0 Å². The molecule has 1 aromatic carbocycles. The summed E-state index contributed by atoms with van der Waals surface area (Å²) < 4.78 is 0. The van der Waals surface area contributed by atoms with Gasteiger partial charge >= 0.3 is 0 Å². The van der Waals surface area contributed by atoms with E-state index in [-0.39, 0.29) is 0 Å². The molecule has 0 spiro atoms. The van der Waals surface area contributed by atoms with E-state index in [0.29, 0.717) is 6.04 Å². The lowest BCUT2D eigenvalue weighted by Gasteiger charge is -2.14. The van der Waals surface area contributed by atoms with Crippen molar-refractivity contribution in [3.63, 3.8) is 0 Å². The van der Waals surface area contributed by atoms with Gasteiger partial charge in [0.05, 0.1) is 5.69 Å². The van der Waals surface area contributed by atoms with Gasteiger partial charge in [0.15, 0.2) is 0 Å². The number of benzene rings is 1. The minimum atomic E-state index is 0.317. The van der Waals surface area contributed by atoms with E-state index in [1.165, 1.54) is 11.1 Å². The molecule has 1 N–H and O–H groups in total. The van der Waals surface area contributed by atoms with Crippen LogP contribution in [0.3, 0.4) is 0 Å². The van der Waals surface area contributed by atoms with Crippen LogP contribution in [0.1, 0.15) is 29.8 Å². The number of rotatable bonds is 4.